The first-order valence-electron chi connectivity index (χ1n) is 3.92. The molecule has 0 aromatic heterocycles. The van der Waals surface area contributed by atoms with Crippen LogP contribution in [-0.4, -0.2) is 44.7 Å². The molecule has 6 heteroatoms. The lowest BCUT2D eigenvalue weighted by Crippen LogP contribution is -2.37. The van der Waals surface area contributed by atoms with E-state index in [9.17, 15) is 4.57 Å². The average Bonchev–Trinajstić information content (AvgIpc) is 2.04. The van der Waals surface area contributed by atoms with E-state index in [1.165, 1.54) is 0 Å². The number of quaternary nitrogens is 1. The molecule has 0 spiro atoms. The fourth-order valence-corrected chi connectivity index (χ4v) is 0.508. The Morgan fingerprint density at radius 1 is 1.57 bits per heavy atom. The van der Waals surface area contributed by atoms with E-state index in [-0.39, 0.29) is 8.69 Å². The first kappa shape index (κ1) is 15.7. The Morgan fingerprint density at radius 2 is 2.00 bits per heavy atom. The van der Waals surface area contributed by atoms with Gasteiger partial charge in [-0.2, -0.15) is 0 Å². The number of carbonyl (C=O) groups is 1. The summed E-state index contributed by atoms with van der Waals surface area (Å²) in [6.07, 6.45) is 0.722. The van der Waals surface area contributed by atoms with Crippen LogP contribution in [-0.2, 0) is 13.9 Å². The zero-order chi connectivity index (χ0) is 11.6. The third kappa shape index (κ3) is 22.5. The molecule has 0 N–H and O–H groups in total. The van der Waals surface area contributed by atoms with Gasteiger partial charge < -0.3 is 14.4 Å². The lowest BCUT2D eigenvalue weighted by molar-refractivity contribution is -0.870. The standard InChI is InChI=1S/C5H13NO2P.C3H4O2/c1-6(2,3)4-5-8-9-7;1-2-3(4)5/h4-5H2,1-3H3;2H,1H2,(H,4,5)/q+1;/p-1. The van der Waals surface area contributed by atoms with Crippen LogP contribution < -0.4 is 5.11 Å². The Labute approximate surface area is 85.9 Å². The number of nitrogens with zero attached hydrogens (tertiary/aromatic N) is 1. The van der Waals surface area contributed by atoms with Gasteiger partial charge in [0.25, 0.3) is 0 Å². The lowest BCUT2D eigenvalue weighted by Gasteiger charge is -2.22. The van der Waals surface area contributed by atoms with Crippen molar-refractivity contribution in [1.29, 1.82) is 0 Å². The number of hydrogen-bond donors (Lipinski definition) is 0. The number of aliphatic carboxylic acids is 1. The number of likely N-dealkylation sites (N-methyl/N-ethyl adjacent to an activating group) is 1. The van der Waals surface area contributed by atoms with Crippen molar-refractivity contribution in [2.24, 2.45) is 0 Å². The zero-order valence-electron chi connectivity index (χ0n) is 8.73. The molecule has 0 unspecified atom stereocenters. The fraction of sp³-hybridized carbons (Fsp3) is 0.625. The number of carbonyl (C=O) groups excluding carboxylic acids is 1. The molecule has 0 saturated carbocycles. The summed E-state index contributed by atoms with van der Waals surface area (Å²) in [5, 5.41) is 9.14. The molecular formula is C8H16NO4P. The minimum atomic E-state index is -1.23. The number of rotatable bonds is 5. The lowest BCUT2D eigenvalue weighted by atomic mass is 10.5. The second kappa shape index (κ2) is 8.81. The molecule has 5 nitrogen and oxygen atoms in total. The molecule has 0 aliphatic carbocycles. The molecule has 0 fully saturated rings. The van der Waals surface area contributed by atoms with Crippen molar-refractivity contribution < 1.29 is 23.5 Å². The van der Waals surface area contributed by atoms with E-state index >= 15 is 0 Å². The highest BCUT2D eigenvalue weighted by Crippen LogP contribution is 1.96. The summed E-state index contributed by atoms with van der Waals surface area (Å²) in [6, 6.07) is 0. The Bertz CT molecular complexity index is 188. The predicted octanol–water partition coefficient (Wildman–Crippen LogP) is -0.162. The van der Waals surface area contributed by atoms with Gasteiger partial charge in [-0.15, -0.1) is 0 Å². The van der Waals surface area contributed by atoms with Crippen LogP contribution in [0, 0.1) is 0 Å². The predicted molar refractivity (Wildman–Crippen MR) is 51.7 cm³/mol. The maximum absolute atomic E-state index is 9.76. The Balaban J connectivity index is 0. The monoisotopic (exact) mass is 221 g/mol. The van der Waals surface area contributed by atoms with Crippen molar-refractivity contribution in [1.82, 2.24) is 0 Å². The van der Waals surface area contributed by atoms with E-state index in [0.717, 1.165) is 17.1 Å². The summed E-state index contributed by atoms with van der Waals surface area (Å²) in [5.41, 5.74) is 0. The maximum atomic E-state index is 9.76. The van der Waals surface area contributed by atoms with Crippen molar-refractivity contribution >= 4 is 14.7 Å². The summed E-state index contributed by atoms with van der Waals surface area (Å²) in [7, 11) is 5.96. The minimum Gasteiger partial charge on any atom is -0.545 e. The Hall–Kier alpha value is -0.770. The number of hydrogen-bond acceptors (Lipinski definition) is 4. The van der Waals surface area contributed by atoms with E-state index in [1.54, 1.807) is 0 Å². The van der Waals surface area contributed by atoms with E-state index in [2.05, 4.69) is 32.2 Å². The van der Waals surface area contributed by atoms with Crippen LogP contribution in [0.2, 0.25) is 0 Å². The summed E-state index contributed by atoms with van der Waals surface area (Å²) in [4.78, 5) is 9.14. The maximum Gasteiger partial charge on any atom is 0.327 e. The van der Waals surface area contributed by atoms with Gasteiger partial charge in [-0.3, -0.25) is 4.52 Å². The molecule has 0 bridgehead atoms. The highest BCUT2D eigenvalue weighted by atomic mass is 31.1. The normalized spacial score (nSPS) is 10.2. The van der Waals surface area contributed by atoms with Crippen LogP contribution >= 0.6 is 8.69 Å². The zero-order valence-corrected chi connectivity index (χ0v) is 9.62. The Kier molecular flexibility index (Phi) is 9.88. The topological polar surface area (TPSA) is 66.4 Å². The van der Waals surface area contributed by atoms with Gasteiger partial charge in [0.2, 0.25) is 0 Å². The average molecular weight is 221 g/mol. The van der Waals surface area contributed by atoms with E-state index < -0.39 is 5.97 Å². The van der Waals surface area contributed by atoms with E-state index in [1.807, 2.05) is 0 Å². The molecule has 14 heavy (non-hydrogen) atoms. The SMILES string of the molecule is C=CC(=O)[O-].C[N+](C)(C)CCOP=O. The smallest absolute Gasteiger partial charge is 0.327 e. The van der Waals surface area contributed by atoms with Gasteiger partial charge in [-0.05, 0) is 6.08 Å². The molecule has 0 saturated heterocycles. The van der Waals surface area contributed by atoms with Crippen LogP contribution in [0.4, 0.5) is 0 Å². The van der Waals surface area contributed by atoms with Crippen LogP contribution in [0.25, 0.3) is 0 Å². The van der Waals surface area contributed by atoms with Crippen molar-refractivity contribution in [3.8, 4) is 0 Å². The summed E-state index contributed by atoms with van der Waals surface area (Å²) in [6.45, 7) is 4.33. The third-order valence-corrected chi connectivity index (χ3v) is 1.36. The van der Waals surface area contributed by atoms with Crippen molar-refractivity contribution in [3.63, 3.8) is 0 Å². The van der Waals surface area contributed by atoms with Crippen molar-refractivity contribution in [3.05, 3.63) is 12.7 Å². The van der Waals surface area contributed by atoms with Crippen LogP contribution in [0.15, 0.2) is 12.7 Å². The molecule has 0 heterocycles. The first-order valence-corrected chi connectivity index (χ1v) is 4.65. The second-order valence-corrected chi connectivity index (χ2v) is 3.85. The number of carboxylic acid groups (broad SMARTS) is 1. The molecular weight excluding hydrogens is 205 g/mol. The largest absolute Gasteiger partial charge is 0.545 e. The molecule has 0 radical (unpaired) electrons. The summed E-state index contributed by atoms with van der Waals surface area (Å²) >= 11 is 0. The minimum absolute atomic E-state index is 0.217. The third-order valence-electron chi connectivity index (χ3n) is 1.07. The van der Waals surface area contributed by atoms with Crippen LogP contribution in [0.1, 0.15) is 0 Å². The highest BCUT2D eigenvalue weighted by molar-refractivity contribution is 7.17. The van der Waals surface area contributed by atoms with E-state index in [4.69, 9.17) is 9.90 Å². The molecule has 0 aliphatic heterocycles. The molecule has 0 aromatic carbocycles. The van der Waals surface area contributed by atoms with Gasteiger partial charge in [-0.25, -0.2) is 4.57 Å². The van der Waals surface area contributed by atoms with Gasteiger partial charge in [-0.1, -0.05) is 6.58 Å². The van der Waals surface area contributed by atoms with Gasteiger partial charge in [0.05, 0.1) is 27.1 Å². The van der Waals surface area contributed by atoms with Crippen LogP contribution in [0.3, 0.4) is 0 Å². The summed E-state index contributed by atoms with van der Waals surface area (Å²) < 4.78 is 15.2. The first-order chi connectivity index (χ1) is 6.33. The van der Waals surface area contributed by atoms with Crippen LogP contribution in [0.5, 0.6) is 0 Å². The van der Waals surface area contributed by atoms with E-state index in [0.29, 0.717) is 6.61 Å². The van der Waals surface area contributed by atoms with Gasteiger partial charge in [0, 0.05) is 0 Å². The van der Waals surface area contributed by atoms with Gasteiger partial charge in [0.15, 0.2) is 0 Å². The number of carboxylic acids is 1. The molecule has 0 aliphatic rings. The van der Waals surface area contributed by atoms with Crippen molar-refractivity contribution in [2.75, 3.05) is 34.3 Å². The van der Waals surface area contributed by atoms with Crippen molar-refractivity contribution in [2.45, 2.75) is 0 Å². The molecule has 0 atom stereocenters. The van der Waals surface area contributed by atoms with Gasteiger partial charge >= 0.3 is 8.69 Å². The highest BCUT2D eigenvalue weighted by Gasteiger charge is 2.04. The Morgan fingerprint density at radius 3 is 2.21 bits per heavy atom. The molecule has 0 aromatic rings. The molecule has 0 amide bonds. The molecule has 82 valence electrons. The second-order valence-electron chi connectivity index (χ2n) is 3.44. The quantitative estimate of drug-likeness (QED) is 0.280. The molecule has 0 rings (SSSR count). The summed E-state index contributed by atoms with van der Waals surface area (Å²) in [5.74, 6) is -1.23. The fourth-order valence-electron chi connectivity index (χ4n) is 0.352. The van der Waals surface area contributed by atoms with Gasteiger partial charge in [0.1, 0.15) is 13.2 Å².